The number of esters is 1. The molecule has 0 unspecified atom stereocenters. The van der Waals surface area contributed by atoms with Gasteiger partial charge in [-0.3, -0.25) is 24.5 Å². The van der Waals surface area contributed by atoms with Crippen LogP contribution in [0.1, 0.15) is 95.0 Å². The summed E-state index contributed by atoms with van der Waals surface area (Å²) < 4.78 is 14.6. The van der Waals surface area contributed by atoms with Crippen LogP contribution in [0.2, 0.25) is 0 Å². The molecule has 3 fully saturated rings. The number of benzene rings is 1. The molecule has 4 aliphatic heterocycles. The molecule has 1 aliphatic carbocycles. The first-order valence-electron chi connectivity index (χ1n) is 23.0. The number of ether oxygens (including phenoxy) is 2. The van der Waals surface area contributed by atoms with Crippen molar-refractivity contribution in [2.45, 2.75) is 122 Å². The number of terminal acetylenes is 1. The third-order valence-electron chi connectivity index (χ3n) is 13.6. The fourth-order valence-electron chi connectivity index (χ4n) is 9.72. The van der Waals surface area contributed by atoms with Crippen LogP contribution in [0.25, 0.3) is 33.4 Å². The molecule has 0 spiro atoms. The largest absolute Gasteiger partial charge is 0.464 e. The number of thiazole rings is 1. The number of nitrogens with one attached hydrogen (secondary N) is 2. The Morgan fingerprint density at radius 1 is 1.10 bits per heavy atom. The number of hydrogen-bond acceptors (Lipinski definition) is 13. The van der Waals surface area contributed by atoms with E-state index in [1.165, 1.54) is 18.4 Å². The van der Waals surface area contributed by atoms with Crippen LogP contribution in [-0.2, 0) is 38.4 Å². The number of aryl methyl sites for hydroxylation is 1. The SMILES string of the molecule is C#CCCC1(CCN[C@H]2Cc3nc(cs3)-c3ccc4c(c3)c(c(-c3cc(N5CCN(C6CC6)CC5)cnc3[C@H](C)OC)n4CC)CC(C)(C)COC(=O)[C@@H]3CCCN(N3)C2=O)N=N1. The zero-order valence-electron chi connectivity index (χ0n) is 37.5. The molecule has 334 valence electrons. The Balaban J connectivity index is 1.11. The van der Waals surface area contributed by atoms with Gasteiger partial charge in [0.05, 0.1) is 52.7 Å². The number of carbonyl (C=O) groups excluding carboxylic acids is 2. The van der Waals surface area contributed by atoms with Gasteiger partial charge in [-0.05, 0) is 69.7 Å². The maximum absolute atomic E-state index is 14.3. The van der Waals surface area contributed by atoms with E-state index in [2.05, 4.69) is 98.6 Å². The first kappa shape index (κ1) is 43.5. The van der Waals surface area contributed by atoms with Crippen molar-refractivity contribution in [3.63, 3.8) is 0 Å². The third kappa shape index (κ3) is 9.29. The van der Waals surface area contributed by atoms with Crippen molar-refractivity contribution in [2.75, 3.05) is 57.9 Å². The number of anilines is 1. The van der Waals surface area contributed by atoms with Crippen molar-refractivity contribution in [3.8, 4) is 34.9 Å². The van der Waals surface area contributed by atoms with Gasteiger partial charge >= 0.3 is 5.97 Å². The molecule has 2 saturated heterocycles. The number of nitrogens with zero attached hydrogens (tertiary/aromatic N) is 8. The number of fused-ring (bicyclic) bond motifs is 6. The molecule has 4 aromatic rings. The summed E-state index contributed by atoms with van der Waals surface area (Å²) >= 11 is 1.56. The van der Waals surface area contributed by atoms with Crippen LogP contribution < -0.4 is 15.6 Å². The van der Waals surface area contributed by atoms with E-state index in [9.17, 15) is 9.59 Å². The minimum atomic E-state index is -0.640. The Kier molecular flexibility index (Phi) is 12.5. The van der Waals surface area contributed by atoms with Crippen molar-refractivity contribution >= 4 is 39.8 Å². The molecule has 1 saturated carbocycles. The van der Waals surface area contributed by atoms with E-state index in [0.717, 1.165) is 88.6 Å². The normalized spacial score (nSPS) is 23.0. The van der Waals surface area contributed by atoms with E-state index in [4.69, 9.17) is 25.9 Å². The fourth-order valence-corrected chi connectivity index (χ4v) is 10.6. The Hall–Kier alpha value is -4.72. The molecule has 2 N–H and O–H groups in total. The van der Waals surface area contributed by atoms with Gasteiger partial charge in [-0.1, -0.05) is 19.9 Å². The fraction of sp³-hybridized carbons (Fsp3) is 0.583. The van der Waals surface area contributed by atoms with E-state index in [1.54, 1.807) is 23.5 Å². The summed E-state index contributed by atoms with van der Waals surface area (Å²) in [5.41, 5.74) is 10.7. The standard InChI is InChI=1S/C48H62N10O4S/c1-7-9-16-48(53-54-48)17-18-49-39-26-42-51-40(29-63-42)32-12-15-41-35(24-32)37(27-47(4,5)30-62-46(60)38-11-10-19-58(52-38)45(39)59)44(57(41)8-2)36-25-34(28-50-43(36)31(3)61-6)56-22-20-55(21-23-56)33-13-14-33/h1,12,15,24-25,28-29,31,33,38-39,49,52H,8-11,13-14,16-23,26-27,30H2,2-6H3/t31-,38-,39-/m0/s1. The van der Waals surface area contributed by atoms with E-state index in [1.807, 2.05) is 6.20 Å². The minimum Gasteiger partial charge on any atom is -0.464 e. The summed E-state index contributed by atoms with van der Waals surface area (Å²) in [6, 6.07) is 8.53. The number of rotatable bonds is 12. The van der Waals surface area contributed by atoms with E-state index in [-0.39, 0.29) is 24.6 Å². The molecule has 7 heterocycles. The molecule has 0 radical (unpaired) electrons. The van der Waals surface area contributed by atoms with Gasteiger partial charge in [0, 0.05) is 117 Å². The summed E-state index contributed by atoms with van der Waals surface area (Å²) in [6.45, 7) is 14.6. The summed E-state index contributed by atoms with van der Waals surface area (Å²) in [4.78, 5) is 43.7. The molecule has 6 bridgehead atoms. The molecular weight excluding hydrogens is 813 g/mol. The second-order valence-corrected chi connectivity index (χ2v) is 19.7. The van der Waals surface area contributed by atoms with Crippen molar-refractivity contribution in [1.29, 1.82) is 0 Å². The van der Waals surface area contributed by atoms with E-state index >= 15 is 0 Å². The topological polar surface area (TPSA) is 142 Å². The molecule has 9 rings (SSSR count). The Morgan fingerprint density at radius 3 is 2.63 bits per heavy atom. The average molecular weight is 875 g/mol. The van der Waals surface area contributed by atoms with Crippen molar-refractivity contribution < 1.29 is 19.1 Å². The van der Waals surface area contributed by atoms with Gasteiger partial charge in [0.15, 0.2) is 5.66 Å². The highest BCUT2D eigenvalue weighted by Gasteiger charge is 2.40. The zero-order valence-corrected chi connectivity index (χ0v) is 38.3. The third-order valence-corrected chi connectivity index (χ3v) is 14.5. The molecule has 14 nitrogen and oxygen atoms in total. The predicted molar refractivity (Wildman–Crippen MR) is 246 cm³/mol. The van der Waals surface area contributed by atoms with Gasteiger partial charge in [0.2, 0.25) is 0 Å². The molecule has 63 heavy (non-hydrogen) atoms. The van der Waals surface area contributed by atoms with E-state index in [0.29, 0.717) is 58.0 Å². The highest BCUT2D eigenvalue weighted by molar-refractivity contribution is 7.10. The number of hydrazine groups is 1. The van der Waals surface area contributed by atoms with Gasteiger partial charge in [0.1, 0.15) is 6.04 Å². The lowest BCUT2D eigenvalue weighted by Crippen LogP contribution is -2.60. The zero-order chi connectivity index (χ0) is 43.9. The summed E-state index contributed by atoms with van der Waals surface area (Å²) in [5, 5.41) is 17.8. The first-order valence-corrected chi connectivity index (χ1v) is 23.8. The number of piperazine rings is 1. The Labute approximate surface area is 375 Å². The minimum absolute atomic E-state index is 0.131. The number of amides is 1. The smallest absolute Gasteiger partial charge is 0.324 e. The Bertz CT molecular complexity index is 2400. The van der Waals surface area contributed by atoms with Crippen LogP contribution in [0.15, 0.2) is 46.1 Å². The quantitative estimate of drug-likeness (QED) is 0.114. The lowest BCUT2D eigenvalue weighted by Gasteiger charge is -2.36. The van der Waals surface area contributed by atoms with Crippen LogP contribution in [0.4, 0.5) is 5.69 Å². The number of cyclic esters (lactones) is 1. The lowest BCUT2D eigenvalue weighted by molar-refractivity contribution is -0.155. The van der Waals surface area contributed by atoms with Gasteiger partial charge in [-0.2, -0.15) is 10.2 Å². The van der Waals surface area contributed by atoms with Crippen LogP contribution in [-0.4, -0.2) is 113 Å². The molecule has 15 heteroatoms. The highest BCUT2D eigenvalue weighted by atomic mass is 32.1. The highest BCUT2D eigenvalue weighted by Crippen LogP contribution is 2.43. The number of carbonyl (C=O) groups is 2. The molecule has 1 aromatic carbocycles. The Morgan fingerprint density at radius 2 is 1.90 bits per heavy atom. The first-order chi connectivity index (χ1) is 30.5. The second-order valence-electron chi connectivity index (χ2n) is 18.8. The summed E-state index contributed by atoms with van der Waals surface area (Å²) in [7, 11) is 1.75. The number of pyridine rings is 1. The maximum Gasteiger partial charge on any atom is 0.324 e. The van der Waals surface area contributed by atoms with Crippen LogP contribution in [0.3, 0.4) is 0 Å². The predicted octanol–water partition coefficient (Wildman–Crippen LogP) is 6.93. The van der Waals surface area contributed by atoms with E-state index < -0.39 is 23.2 Å². The second kappa shape index (κ2) is 18.0. The average Bonchev–Trinajstić information content (AvgIpc) is 4.23. The van der Waals surface area contributed by atoms with Crippen molar-refractivity contribution in [2.24, 2.45) is 15.6 Å². The molecule has 3 aromatic heterocycles. The molecule has 3 atom stereocenters. The van der Waals surface area contributed by atoms with Crippen LogP contribution >= 0.6 is 11.3 Å². The van der Waals surface area contributed by atoms with Gasteiger partial charge in [0.25, 0.3) is 5.91 Å². The summed E-state index contributed by atoms with van der Waals surface area (Å²) in [6.07, 6.45) is 14.2. The molecular formula is C48H62N10O4S. The number of aromatic nitrogens is 3. The van der Waals surface area contributed by atoms with Crippen molar-refractivity contribution in [3.05, 3.63) is 52.1 Å². The number of hydrogen-bond donors (Lipinski definition) is 2. The molecule has 5 aliphatic rings. The van der Waals surface area contributed by atoms with Gasteiger partial charge < -0.3 is 24.3 Å². The summed E-state index contributed by atoms with van der Waals surface area (Å²) in [5.74, 6) is 2.21. The van der Waals surface area contributed by atoms with Gasteiger partial charge in [-0.25, -0.2) is 10.4 Å². The monoisotopic (exact) mass is 874 g/mol. The maximum atomic E-state index is 14.3. The van der Waals surface area contributed by atoms with Crippen LogP contribution in [0, 0.1) is 17.8 Å². The van der Waals surface area contributed by atoms with Crippen LogP contribution in [0.5, 0.6) is 0 Å². The van der Waals surface area contributed by atoms with Crippen molar-refractivity contribution in [1.82, 2.24) is 35.2 Å². The van der Waals surface area contributed by atoms with Gasteiger partial charge in [-0.15, -0.1) is 23.7 Å². The molecule has 1 amide bonds. The number of methoxy groups -OCH3 is 1. The lowest BCUT2D eigenvalue weighted by atomic mass is 9.84.